The normalized spacial score (nSPS) is 23.1. The Morgan fingerprint density at radius 1 is 1.53 bits per heavy atom. The molecule has 0 bridgehead atoms. The Morgan fingerprint density at radius 3 is 3.00 bits per heavy atom. The highest BCUT2D eigenvalue weighted by Crippen LogP contribution is 2.22. The summed E-state index contributed by atoms with van der Waals surface area (Å²) in [6.07, 6.45) is 1.05. The summed E-state index contributed by atoms with van der Waals surface area (Å²) in [4.78, 5) is 0. The van der Waals surface area contributed by atoms with Crippen molar-refractivity contribution < 1.29 is 14.2 Å². The van der Waals surface area contributed by atoms with Crippen LogP contribution in [0.2, 0.25) is 0 Å². The molecule has 1 saturated heterocycles. The van der Waals surface area contributed by atoms with E-state index in [1.54, 1.807) is 13.0 Å². The summed E-state index contributed by atoms with van der Waals surface area (Å²) in [6.45, 7) is 5.90. The van der Waals surface area contributed by atoms with Crippen molar-refractivity contribution in [1.29, 1.82) is 0 Å². The van der Waals surface area contributed by atoms with Crippen LogP contribution in [0.5, 0.6) is 0 Å². The Balaban J connectivity index is 2.00. The van der Waals surface area contributed by atoms with Crippen molar-refractivity contribution in [2.45, 2.75) is 38.3 Å². The number of hydrogen-bond donors (Lipinski definition) is 2. The van der Waals surface area contributed by atoms with Crippen LogP contribution in [0.4, 0.5) is 4.39 Å². The molecule has 1 heterocycles. The van der Waals surface area contributed by atoms with Crippen LogP contribution in [0.15, 0.2) is 18.2 Å². The number of rotatable bonds is 4. The lowest BCUT2D eigenvalue weighted by Crippen LogP contribution is -2.46. The molecule has 1 aromatic carbocycles. The monoisotopic (exact) mass is 267 g/mol. The number of hydrogen-bond acceptors (Lipinski definition) is 3. The predicted octanol–water partition coefficient (Wildman–Crippen LogP) is 1.81. The number of halogens is 1. The zero-order valence-corrected chi connectivity index (χ0v) is 11.6. The third-order valence-corrected chi connectivity index (χ3v) is 3.57. The molecule has 2 unspecified atom stereocenters. The van der Waals surface area contributed by atoms with Gasteiger partial charge in [-0.15, -0.1) is 0 Å². The van der Waals surface area contributed by atoms with Crippen molar-refractivity contribution in [3.63, 3.8) is 0 Å². The molecule has 0 amide bonds. The Hall–Kier alpha value is -0.970. The Bertz CT molecular complexity index is 428. The molecule has 0 spiro atoms. The fraction of sp³-hybridized carbons (Fsp3) is 0.600. The molecule has 0 aliphatic carbocycles. The first kappa shape index (κ1) is 14.4. The smallest absolute Gasteiger partial charge is 0.123 e. The Labute approximate surface area is 113 Å². The molecule has 0 saturated carbocycles. The lowest BCUT2D eigenvalue weighted by atomic mass is 9.88. The van der Waals surface area contributed by atoms with Gasteiger partial charge in [0.1, 0.15) is 5.82 Å². The number of benzene rings is 1. The van der Waals surface area contributed by atoms with Crippen LogP contribution in [-0.4, -0.2) is 36.5 Å². The minimum absolute atomic E-state index is 0.164. The van der Waals surface area contributed by atoms with E-state index in [1.807, 2.05) is 6.92 Å². The van der Waals surface area contributed by atoms with Gasteiger partial charge in [0.15, 0.2) is 0 Å². The van der Waals surface area contributed by atoms with Crippen molar-refractivity contribution >= 4 is 0 Å². The third-order valence-electron chi connectivity index (χ3n) is 3.57. The van der Waals surface area contributed by atoms with Crippen LogP contribution in [0.1, 0.15) is 24.5 Å². The van der Waals surface area contributed by atoms with E-state index < -0.39 is 5.60 Å². The van der Waals surface area contributed by atoms with E-state index >= 15 is 0 Å². The minimum atomic E-state index is -0.864. The molecule has 3 nitrogen and oxygen atoms in total. The number of aliphatic hydroxyl groups is 1. The average Bonchev–Trinajstić information content (AvgIpc) is 2.34. The molecule has 2 rings (SSSR count). The van der Waals surface area contributed by atoms with Crippen molar-refractivity contribution in [3.8, 4) is 0 Å². The highest BCUT2D eigenvalue weighted by atomic mass is 19.1. The van der Waals surface area contributed by atoms with Crippen molar-refractivity contribution in [3.05, 3.63) is 35.1 Å². The lowest BCUT2D eigenvalue weighted by Gasteiger charge is -2.32. The van der Waals surface area contributed by atoms with Gasteiger partial charge in [-0.1, -0.05) is 6.07 Å². The summed E-state index contributed by atoms with van der Waals surface area (Å²) in [6, 6.07) is 4.87. The van der Waals surface area contributed by atoms with Crippen LogP contribution in [0, 0.1) is 12.7 Å². The maximum Gasteiger partial charge on any atom is 0.123 e. The quantitative estimate of drug-likeness (QED) is 0.874. The zero-order chi connectivity index (χ0) is 13.9. The average molecular weight is 267 g/mol. The van der Waals surface area contributed by atoms with Crippen LogP contribution in [-0.2, 0) is 11.2 Å². The van der Waals surface area contributed by atoms with E-state index in [0.717, 1.165) is 24.3 Å². The molecule has 19 heavy (non-hydrogen) atoms. The highest BCUT2D eigenvalue weighted by molar-refractivity contribution is 5.28. The fourth-order valence-corrected chi connectivity index (χ4v) is 2.59. The summed E-state index contributed by atoms with van der Waals surface area (Å²) in [5.41, 5.74) is 1.01. The molecule has 2 atom stereocenters. The van der Waals surface area contributed by atoms with E-state index in [0.29, 0.717) is 19.4 Å². The van der Waals surface area contributed by atoms with Gasteiger partial charge in [0.2, 0.25) is 0 Å². The molecule has 1 aliphatic heterocycles. The summed E-state index contributed by atoms with van der Waals surface area (Å²) in [5, 5.41) is 13.8. The third kappa shape index (κ3) is 4.27. The van der Waals surface area contributed by atoms with E-state index in [2.05, 4.69) is 5.32 Å². The number of ether oxygens (including phenoxy) is 1. The van der Waals surface area contributed by atoms with Crippen LogP contribution in [0.25, 0.3) is 0 Å². The van der Waals surface area contributed by atoms with Gasteiger partial charge in [-0.2, -0.15) is 0 Å². The zero-order valence-electron chi connectivity index (χ0n) is 11.6. The van der Waals surface area contributed by atoms with Gasteiger partial charge in [-0.25, -0.2) is 4.39 Å². The Morgan fingerprint density at radius 2 is 2.32 bits per heavy atom. The van der Waals surface area contributed by atoms with Crippen molar-refractivity contribution in [2.24, 2.45) is 0 Å². The van der Waals surface area contributed by atoms with Gasteiger partial charge in [-0.05, 0) is 43.5 Å². The molecule has 1 aliphatic rings. The van der Waals surface area contributed by atoms with Crippen molar-refractivity contribution in [2.75, 3.05) is 19.8 Å². The molecule has 1 fully saturated rings. The maximum atomic E-state index is 13.3. The van der Waals surface area contributed by atoms with Gasteiger partial charge in [-0.3, -0.25) is 0 Å². The number of nitrogens with one attached hydrogen (secondary N) is 1. The van der Waals surface area contributed by atoms with Gasteiger partial charge in [0.25, 0.3) is 0 Å². The second-order valence-electron chi connectivity index (χ2n) is 5.67. The van der Waals surface area contributed by atoms with Gasteiger partial charge < -0.3 is 15.2 Å². The molecule has 0 aromatic heterocycles. The number of aryl methyl sites for hydroxylation is 1. The largest absolute Gasteiger partial charge is 0.390 e. The van der Waals surface area contributed by atoms with Crippen LogP contribution >= 0.6 is 0 Å². The predicted molar refractivity (Wildman–Crippen MR) is 72.7 cm³/mol. The second kappa shape index (κ2) is 5.99. The molecule has 4 heteroatoms. The summed E-state index contributed by atoms with van der Waals surface area (Å²) in [5.74, 6) is -0.254. The van der Waals surface area contributed by atoms with E-state index in [4.69, 9.17) is 4.74 Å². The lowest BCUT2D eigenvalue weighted by molar-refractivity contribution is 0.00640. The summed E-state index contributed by atoms with van der Waals surface area (Å²) in [7, 11) is 0. The highest BCUT2D eigenvalue weighted by Gasteiger charge is 2.27. The maximum absolute atomic E-state index is 13.3. The van der Waals surface area contributed by atoms with Gasteiger partial charge in [0.05, 0.1) is 18.8 Å². The van der Waals surface area contributed by atoms with Crippen LogP contribution < -0.4 is 5.32 Å². The first-order chi connectivity index (χ1) is 8.96. The van der Waals surface area contributed by atoms with Crippen LogP contribution in [0.3, 0.4) is 0 Å². The van der Waals surface area contributed by atoms with E-state index in [9.17, 15) is 9.50 Å². The van der Waals surface area contributed by atoms with Crippen molar-refractivity contribution in [1.82, 2.24) is 5.32 Å². The fourth-order valence-electron chi connectivity index (χ4n) is 2.59. The summed E-state index contributed by atoms with van der Waals surface area (Å²) < 4.78 is 18.7. The topological polar surface area (TPSA) is 41.5 Å². The number of morpholine rings is 1. The Kier molecular flexibility index (Phi) is 4.55. The second-order valence-corrected chi connectivity index (χ2v) is 5.67. The first-order valence-electron chi connectivity index (χ1n) is 6.75. The minimum Gasteiger partial charge on any atom is -0.390 e. The van der Waals surface area contributed by atoms with Gasteiger partial charge in [0, 0.05) is 19.0 Å². The molecule has 106 valence electrons. The molecular formula is C15H22FNO2. The molecule has 1 aromatic rings. The molecular weight excluding hydrogens is 245 g/mol. The van der Waals surface area contributed by atoms with Gasteiger partial charge >= 0.3 is 0 Å². The van der Waals surface area contributed by atoms with E-state index in [-0.39, 0.29) is 11.9 Å². The molecule has 2 N–H and O–H groups in total. The standard InChI is InChI=1S/C15H22FNO2/c1-11-3-4-13(16)7-12(11)8-15(2,18)9-14-10-19-6-5-17-14/h3-4,7,14,17-18H,5-6,8-10H2,1-2H3. The van der Waals surface area contributed by atoms with E-state index in [1.165, 1.54) is 12.1 Å². The first-order valence-corrected chi connectivity index (χ1v) is 6.75. The molecule has 0 radical (unpaired) electrons. The SMILES string of the molecule is Cc1ccc(F)cc1CC(C)(O)CC1COCCN1. The summed E-state index contributed by atoms with van der Waals surface area (Å²) >= 11 is 0.